The number of allylic oxidation sites excluding steroid dienone is 1. The molecule has 2 aromatic heterocycles. The zero-order chi connectivity index (χ0) is 27.3. The molecule has 1 saturated heterocycles. The molecule has 1 aliphatic carbocycles. The highest BCUT2D eigenvalue weighted by molar-refractivity contribution is 5.87. The van der Waals surface area contributed by atoms with E-state index in [1.54, 1.807) is 0 Å². The molecular formula is C32H38N4O3. The van der Waals surface area contributed by atoms with Gasteiger partial charge in [-0.1, -0.05) is 42.0 Å². The molecule has 0 spiro atoms. The van der Waals surface area contributed by atoms with Crippen LogP contribution < -0.4 is 5.73 Å². The number of carbonyl (C=O) groups is 1. The van der Waals surface area contributed by atoms with Crippen molar-refractivity contribution in [2.75, 3.05) is 33.9 Å². The van der Waals surface area contributed by atoms with E-state index in [1.165, 1.54) is 45.8 Å². The van der Waals surface area contributed by atoms with Crippen LogP contribution in [0.25, 0.3) is 21.8 Å². The first-order valence-corrected chi connectivity index (χ1v) is 13.9. The second-order valence-electron chi connectivity index (χ2n) is 11.2. The topological polar surface area (TPSA) is 107 Å². The molecule has 2 bridgehead atoms. The van der Waals surface area contributed by atoms with Crippen LogP contribution in [0.15, 0.2) is 60.3 Å². The van der Waals surface area contributed by atoms with Gasteiger partial charge in [-0.15, -0.1) is 0 Å². The third-order valence-corrected chi connectivity index (χ3v) is 9.50. The number of hydrogen-bond acceptors (Lipinski definition) is 5. The minimum absolute atomic E-state index is 0.00190. The number of fused-ring (bicyclic) bond motifs is 6. The first kappa shape index (κ1) is 25.9. The molecule has 7 nitrogen and oxygen atoms in total. The van der Waals surface area contributed by atoms with Gasteiger partial charge in [-0.25, -0.2) is 0 Å². The molecule has 1 fully saturated rings. The first-order valence-electron chi connectivity index (χ1n) is 13.9. The van der Waals surface area contributed by atoms with E-state index in [0.29, 0.717) is 19.4 Å². The van der Waals surface area contributed by atoms with Gasteiger partial charge in [0.15, 0.2) is 0 Å². The number of nitrogens with zero attached hydrogens (tertiary/aromatic N) is 1. The Balaban J connectivity index is 1.61. The molecule has 0 saturated carbocycles. The SMILES string of the molecule is CC=C1CN(C)C2Cc3c([nH]c4ccccc34)C(c3ccc4c(CCN)c[nH]c4c3)CC1C2(CO)C(=O)OC. The molecule has 3 heterocycles. The molecule has 4 atom stereocenters. The zero-order valence-electron chi connectivity index (χ0n) is 23.0. The summed E-state index contributed by atoms with van der Waals surface area (Å²) in [5.74, 6) is -0.505. The summed E-state index contributed by atoms with van der Waals surface area (Å²) < 4.78 is 5.46. The Morgan fingerprint density at radius 1 is 1.23 bits per heavy atom. The fraction of sp³-hybridized carbons (Fsp3) is 0.406. The third kappa shape index (κ3) is 3.86. The van der Waals surface area contributed by atoms with E-state index in [0.717, 1.165) is 24.0 Å². The zero-order valence-corrected chi connectivity index (χ0v) is 23.0. The van der Waals surface area contributed by atoms with Gasteiger partial charge in [-0.3, -0.25) is 9.69 Å². The number of para-hydroxylation sites is 1. The molecule has 39 heavy (non-hydrogen) atoms. The second kappa shape index (κ2) is 9.97. The Hall–Kier alpha value is -3.39. The summed E-state index contributed by atoms with van der Waals surface area (Å²) in [5.41, 5.74) is 13.0. The molecule has 2 aromatic carbocycles. The van der Waals surface area contributed by atoms with Crippen LogP contribution in [0.5, 0.6) is 0 Å². The lowest BCUT2D eigenvalue weighted by Crippen LogP contribution is -2.63. The summed E-state index contributed by atoms with van der Waals surface area (Å²) in [5, 5.41) is 13.4. The maximum Gasteiger partial charge on any atom is 0.316 e. The molecule has 5 N–H and O–H groups in total. The van der Waals surface area contributed by atoms with Crippen LogP contribution in [0.3, 0.4) is 0 Å². The molecule has 204 valence electrons. The van der Waals surface area contributed by atoms with Crippen molar-refractivity contribution in [3.05, 3.63) is 82.7 Å². The van der Waals surface area contributed by atoms with Gasteiger partial charge < -0.3 is 25.5 Å². The fourth-order valence-corrected chi connectivity index (χ4v) is 7.58. The number of H-pyrrole nitrogens is 2. The monoisotopic (exact) mass is 526 g/mol. The highest BCUT2D eigenvalue weighted by Gasteiger charge is 2.59. The number of nitrogens with one attached hydrogen (secondary N) is 2. The standard InChI is InChI=1S/C32H38N4O3/c1-4-19-17-36(2)29-15-25-23-7-5-6-8-27(23)35-30(25)24(14-26(19)32(29,18-37)31(38)39-3)20-9-10-22-21(11-12-33)16-34-28(22)13-20/h4-10,13,16,24,26,29,34-35,37H,11-12,14-15,17-18,33H2,1-3H3. The Kier molecular flexibility index (Phi) is 6.61. The predicted octanol–water partition coefficient (Wildman–Crippen LogP) is 4.26. The van der Waals surface area contributed by atoms with Crippen molar-refractivity contribution >= 4 is 27.8 Å². The van der Waals surface area contributed by atoms with E-state index in [1.807, 2.05) is 6.92 Å². The van der Waals surface area contributed by atoms with E-state index >= 15 is 0 Å². The fourth-order valence-electron chi connectivity index (χ4n) is 7.58. The molecule has 2 aliphatic rings. The van der Waals surface area contributed by atoms with E-state index in [2.05, 4.69) is 76.7 Å². The number of aliphatic hydroxyl groups excluding tert-OH is 1. The number of carbonyl (C=O) groups excluding carboxylic acids is 1. The molecular weight excluding hydrogens is 488 g/mol. The summed E-state index contributed by atoms with van der Waals surface area (Å²) >= 11 is 0. The number of methoxy groups -OCH3 is 1. The lowest BCUT2D eigenvalue weighted by Gasteiger charge is -2.53. The van der Waals surface area contributed by atoms with Gasteiger partial charge in [-0.05, 0) is 68.6 Å². The lowest BCUT2D eigenvalue weighted by atomic mass is 9.58. The van der Waals surface area contributed by atoms with E-state index in [9.17, 15) is 9.90 Å². The van der Waals surface area contributed by atoms with Crippen LogP contribution in [0, 0.1) is 11.3 Å². The molecule has 1 aliphatic heterocycles. The molecule has 0 amide bonds. The number of aromatic nitrogens is 2. The van der Waals surface area contributed by atoms with Gasteiger partial charge in [0.2, 0.25) is 0 Å². The van der Waals surface area contributed by atoms with E-state index in [4.69, 9.17) is 10.5 Å². The summed E-state index contributed by atoms with van der Waals surface area (Å²) in [6, 6.07) is 14.9. The van der Waals surface area contributed by atoms with Crippen molar-refractivity contribution in [1.29, 1.82) is 0 Å². The number of likely N-dealkylation sites (N-methyl/N-ethyl adjacent to an activating group) is 1. The molecule has 4 aromatic rings. The van der Waals surface area contributed by atoms with Crippen molar-refractivity contribution in [2.24, 2.45) is 17.1 Å². The first-order chi connectivity index (χ1) is 19.0. The largest absolute Gasteiger partial charge is 0.468 e. The lowest BCUT2D eigenvalue weighted by molar-refractivity contribution is -0.169. The van der Waals surface area contributed by atoms with Crippen molar-refractivity contribution in [2.45, 2.75) is 38.1 Å². The van der Waals surface area contributed by atoms with Crippen LogP contribution in [-0.2, 0) is 22.4 Å². The minimum atomic E-state index is -1.07. The van der Waals surface area contributed by atoms with Gasteiger partial charge in [0, 0.05) is 58.1 Å². The number of esters is 1. The molecule has 7 heteroatoms. The van der Waals surface area contributed by atoms with E-state index in [-0.39, 0.29) is 30.5 Å². The number of piperidine rings is 1. The molecule has 6 rings (SSSR count). The second-order valence-corrected chi connectivity index (χ2v) is 11.2. The van der Waals surface area contributed by atoms with Crippen molar-refractivity contribution in [3.63, 3.8) is 0 Å². The van der Waals surface area contributed by atoms with Crippen LogP contribution in [0.2, 0.25) is 0 Å². The molecule has 4 unspecified atom stereocenters. The average molecular weight is 527 g/mol. The van der Waals surface area contributed by atoms with Crippen LogP contribution in [0.4, 0.5) is 0 Å². The van der Waals surface area contributed by atoms with Crippen molar-refractivity contribution in [1.82, 2.24) is 14.9 Å². The maximum absolute atomic E-state index is 13.7. The van der Waals surface area contributed by atoms with Crippen molar-refractivity contribution in [3.8, 4) is 0 Å². The van der Waals surface area contributed by atoms with Gasteiger partial charge in [0.1, 0.15) is 5.41 Å². The van der Waals surface area contributed by atoms with E-state index < -0.39 is 5.41 Å². The number of hydrogen-bond donors (Lipinski definition) is 4. The Morgan fingerprint density at radius 3 is 2.79 bits per heavy atom. The number of rotatable bonds is 5. The highest BCUT2D eigenvalue weighted by Crippen LogP contribution is 2.53. The number of nitrogens with two attached hydrogens (primary N) is 1. The Bertz CT molecular complexity index is 1570. The summed E-state index contributed by atoms with van der Waals surface area (Å²) in [4.78, 5) is 23.2. The maximum atomic E-state index is 13.7. The number of likely N-dealkylation sites (tertiary alicyclic amines) is 1. The van der Waals surface area contributed by atoms with Crippen molar-refractivity contribution < 1.29 is 14.6 Å². The number of benzene rings is 2. The Labute approximate surface area is 229 Å². The van der Waals surface area contributed by atoms with Gasteiger partial charge >= 0.3 is 5.97 Å². The minimum Gasteiger partial charge on any atom is -0.468 e. The van der Waals surface area contributed by atoms with Crippen LogP contribution >= 0.6 is 0 Å². The van der Waals surface area contributed by atoms with Crippen LogP contribution in [0.1, 0.15) is 41.6 Å². The van der Waals surface area contributed by atoms with Gasteiger partial charge in [0.25, 0.3) is 0 Å². The summed E-state index contributed by atoms with van der Waals surface area (Å²) in [6.45, 7) is 3.14. The quantitative estimate of drug-likeness (QED) is 0.230. The predicted molar refractivity (Wildman–Crippen MR) is 155 cm³/mol. The summed E-state index contributed by atoms with van der Waals surface area (Å²) in [7, 11) is 3.50. The number of ether oxygens (including phenoxy) is 1. The smallest absolute Gasteiger partial charge is 0.316 e. The number of aliphatic hydroxyl groups is 1. The Morgan fingerprint density at radius 2 is 2.05 bits per heavy atom. The highest BCUT2D eigenvalue weighted by atomic mass is 16.5. The summed E-state index contributed by atoms with van der Waals surface area (Å²) in [6.07, 6.45) is 6.33. The number of aromatic amines is 2. The normalized spacial score (nSPS) is 26.5. The van der Waals surface area contributed by atoms with Crippen LogP contribution in [-0.4, -0.2) is 65.8 Å². The average Bonchev–Trinajstić information content (AvgIpc) is 3.52. The third-order valence-electron chi connectivity index (χ3n) is 9.50. The van der Waals surface area contributed by atoms with Gasteiger partial charge in [0.05, 0.1) is 13.7 Å². The van der Waals surface area contributed by atoms with Gasteiger partial charge in [-0.2, -0.15) is 0 Å². The molecule has 0 radical (unpaired) electrons.